The molecule has 4 rings (SSSR count). The highest BCUT2D eigenvalue weighted by molar-refractivity contribution is 9.10. The largest absolute Gasteiger partial charge is 0.438 e. The normalized spacial score (nSPS) is 16.1. The van der Waals surface area contributed by atoms with Gasteiger partial charge in [-0.25, -0.2) is 0 Å². The molecule has 3 aromatic rings. The quantitative estimate of drug-likeness (QED) is 0.652. The first-order valence-corrected chi connectivity index (χ1v) is 8.79. The van der Waals surface area contributed by atoms with Gasteiger partial charge in [0, 0.05) is 16.8 Å². The SMILES string of the molecule is CC(=O)n1c2c(c3ccccc31)OC(N)=C(C#N)[C@@H]2c1ccc(Br)cc1. The summed E-state index contributed by atoms with van der Waals surface area (Å²) in [5.74, 6) is -0.0290. The van der Waals surface area contributed by atoms with Crippen LogP contribution in [0.1, 0.15) is 28.9 Å². The van der Waals surface area contributed by atoms with Crippen LogP contribution in [0, 0.1) is 11.3 Å². The Balaban J connectivity index is 2.11. The fraction of sp³-hybridized carbons (Fsp3) is 0.100. The van der Waals surface area contributed by atoms with Crippen molar-refractivity contribution >= 4 is 32.7 Å². The molecular weight excluding hydrogens is 394 g/mol. The van der Waals surface area contributed by atoms with E-state index in [1.807, 2.05) is 48.5 Å². The zero-order chi connectivity index (χ0) is 18.4. The summed E-state index contributed by atoms with van der Waals surface area (Å²) in [5.41, 5.74) is 8.60. The lowest BCUT2D eigenvalue weighted by molar-refractivity contribution is 0.0937. The second kappa shape index (κ2) is 6.04. The van der Waals surface area contributed by atoms with Crippen LogP contribution in [0.15, 0.2) is 64.5 Å². The third-order valence-electron chi connectivity index (χ3n) is 4.54. The number of halogens is 1. The second-order valence-electron chi connectivity index (χ2n) is 6.06. The van der Waals surface area contributed by atoms with Gasteiger partial charge in [-0.3, -0.25) is 9.36 Å². The minimum atomic E-state index is -0.479. The smallest absolute Gasteiger partial charge is 0.228 e. The molecule has 0 unspecified atom stereocenters. The van der Waals surface area contributed by atoms with Gasteiger partial charge in [0.05, 0.1) is 17.1 Å². The van der Waals surface area contributed by atoms with Crippen LogP contribution in [-0.4, -0.2) is 10.5 Å². The van der Waals surface area contributed by atoms with E-state index in [-0.39, 0.29) is 11.8 Å². The number of benzene rings is 2. The van der Waals surface area contributed by atoms with Crippen molar-refractivity contribution in [1.29, 1.82) is 5.26 Å². The fourth-order valence-electron chi connectivity index (χ4n) is 3.48. The Morgan fingerprint density at radius 1 is 1.23 bits per heavy atom. The summed E-state index contributed by atoms with van der Waals surface area (Å²) in [6.45, 7) is 1.50. The van der Waals surface area contributed by atoms with E-state index in [4.69, 9.17) is 10.5 Å². The Labute approximate surface area is 158 Å². The highest BCUT2D eigenvalue weighted by Crippen LogP contribution is 2.47. The number of ether oxygens (including phenoxy) is 1. The maximum Gasteiger partial charge on any atom is 0.228 e. The standard InChI is InChI=1S/C20H14BrN3O2/c1-11(25)24-16-5-3-2-4-14(16)19-18(24)17(15(10-22)20(23)26-19)12-6-8-13(21)9-7-12/h2-9,17H,23H2,1H3/t17-/m0/s1. The van der Waals surface area contributed by atoms with E-state index in [0.29, 0.717) is 17.0 Å². The summed E-state index contributed by atoms with van der Waals surface area (Å²) in [4.78, 5) is 12.5. The molecule has 0 saturated carbocycles. The molecule has 1 aliphatic rings. The zero-order valence-electron chi connectivity index (χ0n) is 13.9. The lowest BCUT2D eigenvalue weighted by atomic mass is 9.87. The molecule has 0 spiro atoms. The van der Waals surface area contributed by atoms with E-state index in [2.05, 4.69) is 22.0 Å². The van der Waals surface area contributed by atoms with Gasteiger partial charge in [-0.15, -0.1) is 0 Å². The van der Waals surface area contributed by atoms with Crippen LogP contribution in [0.3, 0.4) is 0 Å². The summed E-state index contributed by atoms with van der Waals surface area (Å²) >= 11 is 3.43. The molecule has 2 aromatic carbocycles. The number of carbonyl (C=O) groups excluding carboxylic acids is 1. The van der Waals surface area contributed by atoms with Gasteiger partial charge >= 0.3 is 0 Å². The molecule has 0 aliphatic carbocycles. The Bertz CT molecular complexity index is 1120. The van der Waals surface area contributed by atoms with Gasteiger partial charge in [-0.2, -0.15) is 5.26 Å². The van der Waals surface area contributed by atoms with Crippen LogP contribution >= 0.6 is 15.9 Å². The van der Waals surface area contributed by atoms with Gasteiger partial charge in [-0.1, -0.05) is 40.2 Å². The van der Waals surface area contributed by atoms with Crippen LogP contribution in [0.2, 0.25) is 0 Å². The Hall–Kier alpha value is -3.04. The number of fused-ring (bicyclic) bond motifs is 3. The summed E-state index contributed by atoms with van der Waals surface area (Å²) in [6.07, 6.45) is 0. The van der Waals surface area contributed by atoms with Crippen LogP contribution < -0.4 is 10.5 Å². The van der Waals surface area contributed by atoms with Crippen molar-refractivity contribution in [3.05, 3.63) is 75.7 Å². The number of para-hydroxylation sites is 1. The molecule has 1 aliphatic heterocycles. The summed E-state index contributed by atoms with van der Waals surface area (Å²) in [7, 11) is 0. The van der Waals surface area contributed by atoms with E-state index < -0.39 is 5.92 Å². The van der Waals surface area contributed by atoms with Crippen LogP contribution in [-0.2, 0) is 0 Å². The average molecular weight is 408 g/mol. The Morgan fingerprint density at radius 2 is 1.92 bits per heavy atom. The number of carbonyl (C=O) groups is 1. The number of rotatable bonds is 1. The van der Waals surface area contributed by atoms with Gasteiger partial charge in [0.1, 0.15) is 11.6 Å². The highest BCUT2D eigenvalue weighted by Gasteiger charge is 2.36. The lowest BCUT2D eigenvalue weighted by Gasteiger charge is -2.25. The molecule has 26 heavy (non-hydrogen) atoms. The minimum absolute atomic E-state index is 0.0689. The fourth-order valence-corrected chi connectivity index (χ4v) is 3.74. The van der Waals surface area contributed by atoms with E-state index in [0.717, 1.165) is 20.9 Å². The third-order valence-corrected chi connectivity index (χ3v) is 5.07. The topological polar surface area (TPSA) is 81.0 Å². The van der Waals surface area contributed by atoms with E-state index in [9.17, 15) is 10.1 Å². The van der Waals surface area contributed by atoms with E-state index >= 15 is 0 Å². The van der Waals surface area contributed by atoms with Crippen LogP contribution in [0.5, 0.6) is 5.75 Å². The van der Waals surface area contributed by atoms with Crippen molar-refractivity contribution < 1.29 is 9.53 Å². The molecule has 5 nitrogen and oxygen atoms in total. The number of aromatic nitrogens is 1. The lowest BCUT2D eigenvalue weighted by Crippen LogP contribution is -2.24. The number of hydrogen-bond donors (Lipinski definition) is 1. The van der Waals surface area contributed by atoms with Gasteiger partial charge < -0.3 is 10.5 Å². The van der Waals surface area contributed by atoms with Crippen molar-refractivity contribution in [2.24, 2.45) is 5.73 Å². The van der Waals surface area contributed by atoms with Gasteiger partial charge in [0.15, 0.2) is 5.75 Å². The van der Waals surface area contributed by atoms with E-state index in [1.54, 1.807) is 4.57 Å². The summed E-state index contributed by atoms with van der Waals surface area (Å²) in [6, 6.07) is 17.3. The molecule has 1 atom stereocenters. The summed E-state index contributed by atoms with van der Waals surface area (Å²) < 4.78 is 8.35. The molecule has 128 valence electrons. The number of nitriles is 1. The van der Waals surface area contributed by atoms with Crippen molar-refractivity contribution in [3.8, 4) is 11.8 Å². The Kier molecular flexibility index (Phi) is 3.82. The molecule has 2 heterocycles. The van der Waals surface area contributed by atoms with Gasteiger partial charge in [0.2, 0.25) is 11.8 Å². The second-order valence-corrected chi connectivity index (χ2v) is 6.98. The monoisotopic (exact) mass is 407 g/mol. The molecule has 0 saturated heterocycles. The molecule has 0 fully saturated rings. The number of allylic oxidation sites excluding steroid dienone is 1. The van der Waals surface area contributed by atoms with Crippen molar-refractivity contribution in [2.75, 3.05) is 0 Å². The molecule has 2 N–H and O–H groups in total. The Morgan fingerprint density at radius 3 is 2.58 bits per heavy atom. The number of nitrogens with zero attached hydrogens (tertiary/aromatic N) is 2. The third kappa shape index (κ3) is 2.32. The van der Waals surface area contributed by atoms with Crippen LogP contribution in [0.25, 0.3) is 10.9 Å². The van der Waals surface area contributed by atoms with Gasteiger partial charge in [0.25, 0.3) is 0 Å². The van der Waals surface area contributed by atoms with Crippen molar-refractivity contribution in [3.63, 3.8) is 0 Å². The molecule has 1 aromatic heterocycles. The summed E-state index contributed by atoms with van der Waals surface area (Å²) in [5, 5.41) is 10.5. The number of nitrogens with two attached hydrogens (primary N) is 1. The number of hydrogen-bond acceptors (Lipinski definition) is 4. The first kappa shape index (κ1) is 16.4. The first-order chi connectivity index (χ1) is 12.5. The van der Waals surface area contributed by atoms with Crippen molar-refractivity contribution in [2.45, 2.75) is 12.8 Å². The van der Waals surface area contributed by atoms with Crippen LogP contribution in [0.4, 0.5) is 0 Å². The molecule has 0 amide bonds. The predicted molar refractivity (Wildman–Crippen MR) is 102 cm³/mol. The molecule has 0 radical (unpaired) electrons. The maximum atomic E-state index is 12.5. The minimum Gasteiger partial charge on any atom is -0.438 e. The molecular formula is C20H14BrN3O2. The molecule has 0 bridgehead atoms. The van der Waals surface area contributed by atoms with Gasteiger partial charge in [-0.05, 0) is 29.8 Å². The zero-order valence-corrected chi connectivity index (χ0v) is 15.4. The first-order valence-electron chi connectivity index (χ1n) is 8.00. The molecule has 6 heteroatoms. The van der Waals surface area contributed by atoms with E-state index in [1.165, 1.54) is 6.92 Å². The average Bonchev–Trinajstić information content (AvgIpc) is 2.95. The highest BCUT2D eigenvalue weighted by atomic mass is 79.9. The predicted octanol–water partition coefficient (Wildman–Crippen LogP) is 4.28. The maximum absolute atomic E-state index is 12.5. The van der Waals surface area contributed by atoms with Crippen molar-refractivity contribution in [1.82, 2.24) is 4.57 Å².